The molecule has 0 bridgehead atoms. The van der Waals surface area contributed by atoms with Crippen LogP contribution in [-0.4, -0.2) is 9.55 Å². The molecule has 3 aromatic heterocycles. The summed E-state index contributed by atoms with van der Waals surface area (Å²) < 4.78 is 9.16. The van der Waals surface area contributed by atoms with Crippen molar-refractivity contribution < 1.29 is 4.42 Å². The second-order valence-corrected chi connectivity index (χ2v) is 14.0. The fourth-order valence-corrected chi connectivity index (χ4v) is 8.87. The van der Waals surface area contributed by atoms with Crippen LogP contribution < -0.4 is 0 Å². The third-order valence-corrected chi connectivity index (χ3v) is 11.3. The molecule has 0 N–H and O–H groups in total. The Morgan fingerprint density at radius 3 is 2.00 bits per heavy atom. The number of furan rings is 1. The Morgan fingerprint density at radius 2 is 1.19 bits per heavy atom. The Balaban J connectivity index is 1.22. The molecule has 0 fully saturated rings. The predicted octanol–water partition coefficient (Wildman–Crippen LogP) is 12.7. The number of rotatable bonds is 4. The first-order valence-electron chi connectivity index (χ1n) is 17.9. The van der Waals surface area contributed by atoms with Crippen LogP contribution in [0.25, 0.3) is 83.1 Å². The number of nitrogens with zero attached hydrogens (tertiary/aromatic N) is 2. The molecule has 0 saturated carbocycles. The summed E-state index contributed by atoms with van der Waals surface area (Å²) in [6.45, 7) is 2.38. The van der Waals surface area contributed by atoms with Crippen molar-refractivity contribution in [3.63, 3.8) is 0 Å². The van der Waals surface area contributed by atoms with Crippen molar-refractivity contribution in [2.45, 2.75) is 12.3 Å². The Labute approximate surface area is 301 Å². The molecule has 0 spiro atoms. The lowest BCUT2D eigenvalue weighted by Gasteiger charge is -2.28. The first kappa shape index (κ1) is 29.1. The monoisotopic (exact) mass is 664 g/mol. The molecule has 3 heteroatoms. The van der Waals surface area contributed by atoms with Crippen molar-refractivity contribution in [1.29, 1.82) is 0 Å². The van der Waals surface area contributed by atoms with Crippen molar-refractivity contribution in [2.24, 2.45) is 0 Å². The molecule has 0 amide bonds. The van der Waals surface area contributed by atoms with Gasteiger partial charge in [-0.2, -0.15) is 0 Å². The van der Waals surface area contributed by atoms with E-state index in [-0.39, 0.29) is 5.41 Å². The van der Waals surface area contributed by atoms with Gasteiger partial charge < -0.3 is 4.42 Å². The van der Waals surface area contributed by atoms with E-state index in [1.807, 2.05) is 6.07 Å². The van der Waals surface area contributed by atoms with Crippen LogP contribution in [0, 0.1) is 0 Å². The normalized spacial score (nSPS) is 15.1. The van der Waals surface area contributed by atoms with Crippen molar-refractivity contribution in [3.05, 3.63) is 193 Å². The molecule has 1 atom stereocenters. The first-order chi connectivity index (χ1) is 25.7. The molecule has 7 aromatic carbocycles. The molecule has 3 heterocycles. The minimum absolute atomic E-state index is 0.345. The van der Waals surface area contributed by atoms with Crippen LogP contribution >= 0.6 is 0 Å². The number of para-hydroxylation sites is 1. The van der Waals surface area contributed by atoms with E-state index in [0.717, 1.165) is 55.8 Å². The highest BCUT2D eigenvalue weighted by atomic mass is 16.3. The maximum absolute atomic E-state index is 6.85. The van der Waals surface area contributed by atoms with Crippen LogP contribution in [0.3, 0.4) is 0 Å². The van der Waals surface area contributed by atoms with E-state index in [4.69, 9.17) is 9.40 Å². The second-order valence-electron chi connectivity index (χ2n) is 14.0. The molecule has 0 radical (unpaired) electrons. The fraction of sp³-hybridized carbons (Fsp3) is 0.0408. The molecular formula is C49H32N2O. The highest BCUT2D eigenvalue weighted by molar-refractivity contribution is 6.19. The maximum atomic E-state index is 6.85. The molecular weight excluding hydrogens is 633 g/mol. The number of pyridine rings is 1. The van der Waals surface area contributed by atoms with Gasteiger partial charge in [-0.15, -0.1) is 0 Å². The summed E-state index contributed by atoms with van der Waals surface area (Å²) >= 11 is 0. The standard InChI is InChI=1S/C49H32N2O/c1-49(34-19-9-4-10-20-34)40-23-13-11-21-35(40)37-25-26-44-47(48(37)49)39-29-38-36-22-12-14-24-42(36)51(43(38)30-45(39)52-44)46-28-33(31-15-5-2-6-16-31)27-41(50-46)32-17-7-3-8-18-32/h2-30H,1H3. The minimum atomic E-state index is -0.345. The zero-order valence-electron chi connectivity index (χ0n) is 28.5. The molecule has 1 aliphatic rings. The van der Waals surface area contributed by atoms with Gasteiger partial charge in [-0.1, -0.05) is 140 Å². The number of fused-ring (bicyclic) bond motifs is 10. The largest absolute Gasteiger partial charge is 0.456 e. The Bertz CT molecular complexity index is 2950. The molecule has 10 aromatic rings. The second kappa shape index (κ2) is 10.9. The van der Waals surface area contributed by atoms with Gasteiger partial charge in [-0.05, 0) is 76.2 Å². The molecule has 11 rings (SSSR count). The quantitative estimate of drug-likeness (QED) is 0.187. The van der Waals surface area contributed by atoms with Gasteiger partial charge in [0.1, 0.15) is 17.0 Å². The van der Waals surface area contributed by atoms with E-state index < -0.39 is 0 Å². The summed E-state index contributed by atoms with van der Waals surface area (Å²) in [6.07, 6.45) is 0. The summed E-state index contributed by atoms with van der Waals surface area (Å²) in [5.41, 5.74) is 14.4. The zero-order valence-corrected chi connectivity index (χ0v) is 28.5. The number of benzene rings is 7. The third-order valence-electron chi connectivity index (χ3n) is 11.3. The van der Waals surface area contributed by atoms with Crippen LogP contribution in [0.5, 0.6) is 0 Å². The van der Waals surface area contributed by atoms with Gasteiger partial charge in [0.25, 0.3) is 0 Å². The average Bonchev–Trinajstić information content (AvgIpc) is 3.83. The van der Waals surface area contributed by atoms with E-state index in [2.05, 4.69) is 181 Å². The van der Waals surface area contributed by atoms with E-state index in [0.29, 0.717) is 0 Å². The van der Waals surface area contributed by atoms with Gasteiger partial charge in [0, 0.05) is 38.6 Å². The molecule has 244 valence electrons. The molecule has 52 heavy (non-hydrogen) atoms. The number of hydrogen-bond acceptors (Lipinski definition) is 2. The molecule has 1 unspecified atom stereocenters. The summed E-state index contributed by atoms with van der Waals surface area (Å²) in [6, 6.07) is 62.9. The van der Waals surface area contributed by atoms with Gasteiger partial charge in [0.2, 0.25) is 0 Å². The highest BCUT2D eigenvalue weighted by Gasteiger charge is 2.42. The maximum Gasteiger partial charge on any atom is 0.138 e. The van der Waals surface area contributed by atoms with Gasteiger partial charge in [-0.3, -0.25) is 4.57 Å². The Morgan fingerprint density at radius 1 is 0.500 bits per heavy atom. The highest BCUT2D eigenvalue weighted by Crippen LogP contribution is 2.56. The number of aromatic nitrogens is 2. The van der Waals surface area contributed by atoms with Crippen LogP contribution in [0.15, 0.2) is 180 Å². The molecule has 0 aliphatic heterocycles. The van der Waals surface area contributed by atoms with Crippen molar-refractivity contribution in [2.75, 3.05) is 0 Å². The Hall–Kier alpha value is -6.71. The average molecular weight is 665 g/mol. The Kier molecular flexibility index (Phi) is 6.09. The molecule has 3 nitrogen and oxygen atoms in total. The van der Waals surface area contributed by atoms with E-state index >= 15 is 0 Å². The topological polar surface area (TPSA) is 31.0 Å². The predicted molar refractivity (Wildman–Crippen MR) is 214 cm³/mol. The number of hydrogen-bond donors (Lipinski definition) is 0. The smallest absolute Gasteiger partial charge is 0.138 e. The van der Waals surface area contributed by atoms with Gasteiger partial charge in [0.15, 0.2) is 0 Å². The van der Waals surface area contributed by atoms with E-state index in [1.54, 1.807) is 0 Å². The fourth-order valence-electron chi connectivity index (χ4n) is 8.87. The van der Waals surface area contributed by atoms with Crippen LogP contribution in [0.4, 0.5) is 0 Å². The van der Waals surface area contributed by atoms with Crippen molar-refractivity contribution in [1.82, 2.24) is 9.55 Å². The van der Waals surface area contributed by atoms with Gasteiger partial charge >= 0.3 is 0 Å². The summed E-state index contributed by atoms with van der Waals surface area (Å²) in [5.74, 6) is 0.870. The SMILES string of the molecule is CC1(c2ccccc2)c2ccccc2-c2ccc3oc4cc5c(cc4c3c21)c1ccccc1n5-c1cc(-c2ccccc2)cc(-c2ccccc2)n1. The van der Waals surface area contributed by atoms with Gasteiger partial charge in [0.05, 0.1) is 16.7 Å². The van der Waals surface area contributed by atoms with Crippen molar-refractivity contribution >= 4 is 43.7 Å². The lowest BCUT2D eigenvalue weighted by atomic mass is 9.73. The van der Waals surface area contributed by atoms with Crippen molar-refractivity contribution in [3.8, 4) is 39.3 Å². The molecule has 1 aliphatic carbocycles. The zero-order chi connectivity index (χ0) is 34.4. The van der Waals surface area contributed by atoms with Crippen LogP contribution in [0.2, 0.25) is 0 Å². The summed E-state index contributed by atoms with van der Waals surface area (Å²) in [5, 5.41) is 4.68. The lowest BCUT2D eigenvalue weighted by molar-refractivity contribution is 0.667. The van der Waals surface area contributed by atoms with Crippen LogP contribution in [0.1, 0.15) is 23.6 Å². The minimum Gasteiger partial charge on any atom is -0.456 e. The summed E-state index contributed by atoms with van der Waals surface area (Å²) in [4.78, 5) is 5.35. The molecule has 0 saturated heterocycles. The van der Waals surface area contributed by atoms with Crippen LogP contribution in [-0.2, 0) is 5.41 Å². The lowest BCUT2D eigenvalue weighted by Crippen LogP contribution is -2.22. The van der Waals surface area contributed by atoms with Gasteiger partial charge in [-0.25, -0.2) is 4.98 Å². The third kappa shape index (κ3) is 4.05. The van der Waals surface area contributed by atoms with E-state index in [9.17, 15) is 0 Å². The van der Waals surface area contributed by atoms with E-state index in [1.165, 1.54) is 44.0 Å². The summed E-state index contributed by atoms with van der Waals surface area (Å²) in [7, 11) is 0. The first-order valence-corrected chi connectivity index (χ1v) is 17.9.